The van der Waals surface area contributed by atoms with Gasteiger partial charge in [0.15, 0.2) is 0 Å². The van der Waals surface area contributed by atoms with Crippen molar-refractivity contribution in [1.82, 2.24) is 24.6 Å². The molecule has 1 aromatic carbocycles. The van der Waals surface area contributed by atoms with Crippen molar-refractivity contribution >= 4 is 16.9 Å². The van der Waals surface area contributed by atoms with Gasteiger partial charge in [-0.25, -0.2) is 9.67 Å². The Bertz CT molecular complexity index is 973. The highest BCUT2D eigenvalue weighted by molar-refractivity contribution is 5.91. The quantitative estimate of drug-likeness (QED) is 0.705. The maximum atomic E-state index is 12.3. The van der Waals surface area contributed by atoms with Crippen LogP contribution < -0.4 is 10.9 Å². The van der Waals surface area contributed by atoms with Gasteiger partial charge in [-0.3, -0.25) is 9.59 Å². The second kappa shape index (κ2) is 7.95. The number of fused-ring (bicyclic) bond motifs is 1. The summed E-state index contributed by atoms with van der Waals surface area (Å²) in [7, 11) is 0. The van der Waals surface area contributed by atoms with Crippen LogP contribution in [0.2, 0.25) is 0 Å². The van der Waals surface area contributed by atoms with Crippen LogP contribution in [0.1, 0.15) is 36.1 Å². The zero-order valence-corrected chi connectivity index (χ0v) is 15.1. The molecule has 3 rings (SSSR count). The number of nitrogens with zero attached hydrogens (tertiary/aromatic N) is 4. The average Bonchev–Trinajstić information content (AvgIpc) is 2.96. The van der Waals surface area contributed by atoms with Gasteiger partial charge in [0.1, 0.15) is 11.5 Å². The van der Waals surface area contributed by atoms with Gasteiger partial charge in [0.2, 0.25) is 0 Å². The normalized spacial score (nSPS) is 11.0. The Morgan fingerprint density at radius 3 is 2.77 bits per heavy atom. The van der Waals surface area contributed by atoms with Crippen LogP contribution in [0.25, 0.3) is 11.0 Å². The first kappa shape index (κ1) is 17.8. The van der Waals surface area contributed by atoms with Gasteiger partial charge < -0.3 is 9.88 Å². The Balaban J connectivity index is 1.65. The highest BCUT2D eigenvalue weighted by Crippen LogP contribution is 2.14. The summed E-state index contributed by atoms with van der Waals surface area (Å²) in [6.07, 6.45) is 1.81. The maximum Gasteiger partial charge on any atom is 0.271 e. The predicted molar refractivity (Wildman–Crippen MR) is 100 cm³/mol. The van der Waals surface area contributed by atoms with Crippen molar-refractivity contribution in [1.29, 1.82) is 0 Å². The molecule has 0 fully saturated rings. The minimum atomic E-state index is -0.280. The van der Waals surface area contributed by atoms with Gasteiger partial charge in [0.25, 0.3) is 11.5 Å². The molecule has 7 heteroatoms. The van der Waals surface area contributed by atoms with E-state index in [0.29, 0.717) is 19.6 Å². The number of carbonyl (C=O) groups excluding carboxylic acids is 1. The molecule has 0 aliphatic rings. The highest BCUT2D eigenvalue weighted by Gasteiger charge is 2.10. The first-order valence-corrected chi connectivity index (χ1v) is 8.88. The van der Waals surface area contributed by atoms with E-state index in [1.807, 2.05) is 38.1 Å². The van der Waals surface area contributed by atoms with Gasteiger partial charge in [0.05, 0.1) is 11.0 Å². The third kappa shape index (κ3) is 3.82. The summed E-state index contributed by atoms with van der Waals surface area (Å²) in [6, 6.07) is 10.8. The summed E-state index contributed by atoms with van der Waals surface area (Å²) < 4.78 is 3.43. The van der Waals surface area contributed by atoms with Gasteiger partial charge >= 0.3 is 0 Å². The molecule has 0 atom stereocenters. The fraction of sp³-hybridized carbons (Fsp3) is 0.368. The van der Waals surface area contributed by atoms with Crippen molar-refractivity contribution in [3.8, 4) is 0 Å². The third-order valence-corrected chi connectivity index (χ3v) is 4.29. The van der Waals surface area contributed by atoms with Crippen LogP contribution in [-0.2, 0) is 13.1 Å². The molecule has 0 bridgehead atoms. The lowest BCUT2D eigenvalue weighted by Crippen LogP contribution is -2.31. The van der Waals surface area contributed by atoms with Crippen LogP contribution in [0.4, 0.5) is 0 Å². The van der Waals surface area contributed by atoms with Gasteiger partial charge in [-0.05, 0) is 31.5 Å². The van der Waals surface area contributed by atoms with Gasteiger partial charge in [-0.1, -0.05) is 25.5 Å². The van der Waals surface area contributed by atoms with E-state index in [1.54, 1.807) is 0 Å². The van der Waals surface area contributed by atoms with Gasteiger partial charge in [-0.15, -0.1) is 0 Å². The van der Waals surface area contributed by atoms with Crippen molar-refractivity contribution in [2.75, 3.05) is 6.54 Å². The van der Waals surface area contributed by atoms with Gasteiger partial charge in [-0.2, -0.15) is 5.10 Å². The number of para-hydroxylation sites is 2. The summed E-state index contributed by atoms with van der Waals surface area (Å²) >= 11 is 0. The summed E-state index contributed by atoms with van der Waals surface area (Å²) in [5.74, 6) is 0.629. The molecular formula is C19H23N5O2. The molecule has 0 saturated carbocycles. The van der Waals surface area contributed by atoms with Crippen LogP contribution in [-0.4, -0.2) is 31.8 Å². The fourth-order valence-electron chi connectivity index (χ4n) is 2.89. The molecule has 1 amide bonds. The number of amides is 1. The minimum Gasteiger partial charge on any atom is -0.349 e. The highest BCUT2D eigenvalue weighted by atomic mass is 16.2. The second-order valence-corrected chi connectivity index (χ2v) is 6.19. The molecule has 1 N–H and O–H groups in total. The van der Waals surface area contributed by atoms with Crippen molar-refractivity contribution in [3.63, 3.8) is 0 Å². The first-order chi connectivity index (χ1) is 12.6. The van der Waals surface area contributed by atoms with E-state index in [-0.39, 0.29) is 17.2 Å². The molecule has 0 saturated heterocycles. The van der Waals surface area contributed by atoms with E-state index < -0.39 is 0 Å². The molecule has 2 aromatic heterocycles. The molecule has 0 aliphatic carbocycles. The Kier molecular flexibility index (Phi) is 5.46. The number of hydrogen-bond acceptors (Lipinski definition) is 4. The SMILES string of the molecule is CCCCn1nc(C(=O)NCCn2c(C)nc3ccccc32)ccc1=O. The summed E-state index contributed by atoms with van der Waals surface area (Å²) in [5.41, 5.74) is 2.06. The number of unbranched alkanes of at least 4 members (excludes halogenated alkanes) is 1. The third-order valence-electron chi connectivity index (χ3n) is 4.29. The first-order valence-electron chi connectivity index (χ1n) is 8.88. The Labute approximate surface area is 151 Å². The van der Waals surface area contributed by atoms with E-state index in [1.165, 1.54) is 16.8 Å². The molecule has 2 heterocycles. The number of nitrogens with one attached hydrogen (secondary N) is 1. The molecule has 0 spiro atoms. The standard InChI is InChI=1S/C19H23N5O2/c1-3-4-12-24-18(25)10-9-16(22-24)19(26)20-11-13-23-14(2)21-15-7-5-6-8-17(15)23/h5-10H,3-4,11-13H2,1-2H3,(H,20,26). The number of aromatic nitrogens is 4. The van der Waals surface area contributed by atoms with Crippen molar-refractivity contribution in [3.05, 3.63) is 58.3 Å². The lowest BCUT2D eigenvalue weighted by Gasteiger charge is -2.09. The molecule has 0 aliphatic heterocycles. The molecule has 7 nitrogen and oxygen atoms in total. The molecule has 3 aromatic rings. The molecule has 0 radical (unpaired) electrons. The van der Waals surface area contributed by atoms with E-state index >= 15 is 0 Å². The molecule has 0 unspecified atom stereocenters. The number of imidazole rings is 1. The van der Waals surface area contributed by atoms with Crippen molar-refractivity contribution in [2.45, 2.75) is 39.8 Å². The van der Waals surface area contributed by atoms with Crippen molar-refractivity contribution in [2.24, 2.45) is 0 Å². The lowest BCUT2D eigenvalue weighted by atomic mass is 10.3. The number of carbonyl (C=O) groups is 1. The zero-order chi connectivity index (χ0) is 18.5. The number of aryl methyl sites for hydroxylation is 2. The van der Waals surface area contributed by atoms with E-state index in [0.717, 1.165) is 29.7 Å². The van der Waals surface area contributed by atoms with Crippen LogP contribution in [0.15, 0.2) is 41.2 Å². The average molecular weight is 353 g/mol. The van der Waals surface area contributed by atoms with E-state index in [2.05, 4.69) is 20.0 Å². The number of rotatable bonds is 7. The zero-order valence-electron chi connectivity index (χ0n) is 15.1. The lowest BCUT2D eigenvalue weighted by molar-refractivity contribution is 0.0944. The summed E-state index contributed by atoms with van der Waals surface area (Å²) in [4.78, 5) is 28.7. The van der Waals surface area contributed by atoms with E-state index in [9.17, 15) is 9.59 Å². The van der Waals surface area contributed by atoms with Crippen LogP contribution >= 0.6 is 0 Å². The number of hydrogen-bond donors (Lipinski definition) is 1. The maximum absolute atomic E-state index is 12.3. The Morgan fingerprint density at radius 2 is 1.96 bits per heavy atom. The fourth-order valence-corrected chi connectivity index (χ4v) is 2.89. The summed E-state index contributed by atoms with van der Waals surface area (Å²) in [6.45, 7) is 5.59. The minimum absolute atomic E-state index is 0.185. The molecule has 136 valence electrons. The topological polar surface area (TPSA) is 81.8 Å². The monoisotopic (exact) mass is 353 g/mol. The van der Waals surface area contributed by atoms with Crippen molar-refractivity contribution < 1.29 is 4.79 Å². The molecule has 26 heavy (non-hydrogen) atoms. The summed E-state index contributed by atoms with van der Waals surface area (Å²) in [5, 5.41) is 7.03. The smallest absolute Gasteiger partial charge is 0.271 e. The number of benzene rings is 1. The largest absolute Gasteiger partial charge is 0.349 e. The van der Waals surface area contributed by atoms with E-state index in [4.69, 9.17) is 0 Å². The second-order valence-electron chi connectivity index (χ2n) is 6.19. The van der Waals surface area contributed by atoms with Crippen LogP contribution in [0, 0.1) is 6.92 Å². The molecular weight excluding hydrogens is 330 g/mol. The van der Waals surface area contributed by atoms with Crippen LogP contribution in [0.5, 0.6) is 0 Å². The predicted octanol–water partition coefficient (Wildman–Crippen LogP) is 2.13. The Morgan fingerprint density at radius 1 is 1.15 bits per heavy atom. The Hall–Kier alpha value is -2.96. The van der Waals surface area contributed by atoms with Crippen LogP contribution in [0.3, 0.4) is 0 Å². The van der Waals surface area contributed by atoms with Gasteiger partial charge in [0, 0.05) is 25.7 Å².